The number of hydrogen-bond acceptors (Lipinski definition) is 4. The molecule has 1 N–H and O–H groups in total. The molecule has 1 fully saturated rings. The van der Waals surface area contributed by atoms with Crippen LogP contribution in [-0.2, 0) is 14.8 Å². The Hall–Kier alpha value is -2.09. The zero-order chi connectivity index (χ0) is 20.3. The number of hydrogen-bond donors (Lipinski definition) is 1. The highest BCUT2D eigenvalue weighted by Crippen LogP contribution is 2.25. The van der Waals surface area contributed by atoms with Gasteiger partial charge in [-0.2, -0.15) is 4.72 Å². The van der Waals surface area contributed by atoms with Crippen molar-refractivity contribution < 1.29 is 13.2 Å². The Morgan fingerprint density at radius 2 is 1.71 bits per heavy atom. The third kappa shape index (κ3) is 4.66. The van der Waals surface area contributed by atoms with E-state index in [1.54, 1.807) is 30.0 Å². The topological polar surface area (TPSA) is 69.7 Å². The van der Waals surface area contributed by atoms with Gasteiger partial charge in [0.15, 0.2) is 0 Å². The molecule has 1 amide bonds. The average molecular weight is 422 g/mol. The molecule has 1 aliphatic heterocycles. The van der Waals surface area contributed by atoms with E-state index in [0.29, 0.717) is 31.2 Å². The van der Waals surface area contributed by atoms with Crippen LogP contribution in [0.25, 0.3) is 0 Å². The van der Waals surface area contributed by atoms with Crippen LogP contribution in [-0.4, -0.2) is 51.4 Å². The van der Waals surface area contributed by atoms with Crippen LogP contribution in [0, 0.1) is 6.92 Å². The van der Waals surface area contributed by atoms with Crippen LogP contribution in [0.4, 0.5) is 5.69 Å². The molecule has 6 nitrogen and oxygen atoms in total. The molecule has 2 aromatic rings. The Labute approximate surface area is 171 Å². The van der Waals surface area contributed by atoms with Gasteiger partial charge in [0.2, 0.25) is 15.9 Å². The normalized spacial score (nSPS) is 16.1. The maximum atomic E-state index is 12.7. The molecule has 0 aliphatic carbocycles. The molecule has 150 valence electrons. The number of piperazine rings is 1. The van der Waals surface area contributed by atoms with Crippen molar-refractivity contribution in [3.63, 3.8) is 0 Å². The second-order valence-corrected chi connectivity index (χ2v) is 9.05. The Balaban J connectivity index is 1.61. The molecule has 2 aromatic carbocycles. The van der Waals surface area contributed by atoms with E-state index in [1.165, 1.54) is 12.1 Å². The number of carbonyl (C=O) groups excluding carboxylic acids is 1. The molecule has 0 unspecified atom stereocenters. The van der Waals surface area contributed by atoms with Crippen molar-refractivity contribution in [1.29, 1.82) is 0 Å². The van der Waals surface area contributed by atoms with Crippen molar-refractivity contribution >= 4 is 33.2 Å². The van der Waals surface area contributed by atoms with Crippen molar-refractivity contribution in [3.05, 3.63) is 59.1 Å². The zero-order valence-electron chi connectivity index (χ0n) is 15.9. The highest BCUT2D eigenvalue weighted by molar-refractivity contribution is 7.89. The number of anilines is 1. The lowest BCUT2D eigenvalue weighted by atomic mass is 10.1. The van der Waals surface area contributed by atoms with Gasteiger partial charge < -0.3 is 9.80 Å². The van der Waals surface area contributed by atoms with Gasteiger partial charge in [0.1, 0.15) is 0 Å². The minimum atomic E-state index is -3.73. The van der Waals surface area contributed by atoms with Crippen LogP contribution in [0.15, 0.2) is 53.4 Å². The van der Waals surface area contributed by atoms with Gasteiger partial charge in [0.05, 0.1) is 10.9 Å². The molecule has 8 heteroatoms. The fourth-order valence-corrected chi connectivity index (χ4v) is 4.70. The molecule has 0 spiro atoms. The molecule has 1 aliphatic rings. The molecular formula is C20H24ClN3O3S. The quantitative estimate of drug-likeness (QED) is 0.805. The number of aryl methyl sites for hydroxylation is 1. The maximum absolute atomic E-state index is 12.7. The first-order valence-corrected chi connectivity index (χ1v) is 11.0. The van der Waals surface area contributed by atoms with Crippen LogP contribution >= 0.6 is 11.6 Å². The summed E-state index contributed by atoms with van der Waals surface area (Å²) in [5.41, 5.74) is 2.20. The lowest BCUT2D eigenvalue weighted by Gasteiger charge is -2.37. The molecule has 3 rings (SSSR count). The molecule has 0 saturated carbocycles. The highest BCUT2D eigenvalue weighted by atomic mass is 35.5. The van der Waals surface area contributed by atoms with E-state index >= 15 is 0 Å². The van der Waals surface area contributed by atoms with Crippen LogP contribution in [0.5, 0.6) is 0 Å². The second kappa shape index (κ2) is 8.51. The summed E-state index contributed by atoms with van der Waals surface area (Å²) in [5.74, 6) is -0.220. The van der Waals surface area contributed by atoms with Crippen molar-refractivity contribution in [2.24, 2.45) is 0 Å². The SMILES string of the molecule is Cc1ccc(Cl)cc1N1CCN(C(=O)[C@@H](C)NS(=O)(=O)c2ccccc2)CC1. The van der Waals surface area contributed by atoms with E-state index in [-0.39, 0.29) is 10.8 Å². The summed E-state index contributed by atoms with van der Waals surface area (Å²) in [7, 11) is -3.73. The summed E-state index contributed by atoms with van der Waals surface area (Å²) >= 11 is 6.11. The predicted molar refractivity (Wildman–Crippen MR) is 111 cm³/mol. The van der Waals surface area contributed by atoms with E-state index in [4.69, 9.17) is 11.6 Å². The number of sulfonamides is 1. The largest absolute Gasteiger partial charge is 0.368 e. The first-order valence-electron chi connectivity index (χ1n) is 9.15. The Bertz CT molecular complexity index is 942. The lowest BCUT2D eigenvalue weighted by Crippen LogP contribution is -2.54. The van der Waals surface area contributed by atoms with Gasteiger partial charge in [-0.25, -0.2) is 8.42 Å². The highest BCUT2D eigenvalue weighted by Gasteiger charge is 2.28. The van der Waals surface area contributed by atoms with Crippen LogP contribution < -0.4 is 9.62 Å². The maximum Gasteiger partial charge on any atom is 0.241 e. The molecule has 0 aromatic heterocycles. The first-order chi connectivity index (χ1) is 13.3. The standard InChI is InChI=1S/C20H24ClN3O3S/c1-15-8-9-17(21)14-19(15)23-10-12-24(13-11-23)20(25)16(2)22-28(26,27)18-6-4-3-5-7-18/h3-9,14,16,22H,10-13H2,1-2H3/t16-/m1/s1. The van der Waals surface area contributed by atoms with Gasteiger partial charge in [0, 0.05) is 36.9 Å². The summed E-state index contributed by atoms with van der Waals surface area (Å²) in [5, 5.41) is 0.683. The minimum Gasteiger partial charge on any atom is -0.368 e. The van der Waals surface area contributed by atoms with E-state index < -0.39 is 16.1 Å². The summed E-state index contributed by atoms with van der Waals surface area (Å²) in [6, 6.07) is 13.0. The number of amides is 1. The first kappa shape index (κ1) is 20.6. The van der Waals surface area contributed by atoms with E-state index in [2.05, 4.69) is 9.62 Å². The second-order valence-electron chi connectivity index (χ2n) is 6.90. The molecule has 1 heterocycles. The molecule has 0 radical (unpaired) electrons. The van der Waals surface area contributed by atoms with Crippen molar-refractivity contribution in [1.82, 2.24) is 9.62 Å². The predicted octanol–water partition coefficient (Wildman–Crippen LogP) is 2.66. The summed E-state index contributed by atoms with van der Waals surface area (Å²) < 4.78 is 27.3. The Kier molecular flexibility index (Phi) is 6.27. The van der Waals surface area contributed by atoms with E-state index in [0.717, 1.165) is 11.3 Å². The van der Waals surface area contributed by atoms with Crippen molar-refractivity contribution in [2.45, 2.75) is 24.8 Å². The van der Waals surface area contributed by atoms with E-state index in [9.17, 15) is 13.2 Å². The number of halogens is 1. The number of benzene rings is 2. The minimum absolute atomic E-state index is 0.149. The molecule has 28 heavy (non-hydrogen) atoms. The fraction of sp³-hybridized carbons (Fsp3) is 0.350. The number of nitrogens with one attached hydrogen (secondary N) is 1. The van der Waals surface area contributed by atoms with E-state index in [1.807, 2.05) is 25.1 Å². The van der Waals surface area contributed by atoms with Crippen LogP contribution in [0.3, 0.4) is 0 Å². The van der Waals surface area contributed by atoms with Gasteiger partial charge in [0.25, 0.3) is 0 Å². The Morgan fingerprint density at radius 3 is 2.36 bits per heavy atom. The number of nitrogens with zero attached hydrogens (tertiary/aromatic N) is 2. The zero-order valence-corrected chi connectivity index (χ0v) is 17.5. The molecule has 1 saturated heterocycles. The van der Waals surface area contributed by atoms with Crippen LogP contribution in [0.1, 0.15) is 12.5 Å². The number of rotatable bonds is 5. The summed E-state index contributed by atoms with van der Waals surface area (Å²) in [4.78, 5) is 16.8. The third-order valence-electron chi connectivity index (χ3n) is 4.86. The average Bonchev–Trinajstić information content (AvgIpc) is 2.70. The molecular weight excluding hydrogens is 398 g/mol. The Morgan fingerprint density at radius 1 is 1.07 bits per heavy atom. The third-order valence-corrected chi connectivity index (χ3v) is 6.65. The van der Waals surface area contributed by atoms with Gasteiger partial charge in [-0.05, 0) is 43.7 Å². The van der Waals surface area contributed by atoms with Gasteiger partial charge in [-0.3, -0.25) is 4.79 Å². The van der Waals surface area contributed by atoms with Gasteiger partial charge >= 0.3 is 0 Å². The smallest absolute Gasteiger partial charge is 0.241 e. The molecule has 1 atom stereocenters. The molecule has 0 bridgehead atoms. The van der Waals surface area contributed by atoms with Crippen LogP contribution in [0.2, 0.25) is 5.02 Å². The summed E-state index contributed by atoms with van der Waals surface area (Å²) in [6.07, 6.45) is 0. The summed E-state index contributed by atoms with van der Waals surface area (Å²) in [6.45, 7) is 6.01. The van der Waals surface area contributed by atoms with Gasteiger partial charge in [-0.15, -0.1) is 0 Å². The van der Waals surface area contributed by atoms with Crippen molar-refractivity contribution in [2.75, 3.05) is 31.1 Å². The van der Waals surface area contributed by atoms with Crippen molar-refractivity contribution in [3.8, 4) is 0 Å². The fourth-order valence-electron chi connectivity index (χ4n) is 3.32. The number of carbonyl (C=O) groups is 1. The van der Waals surface area contributed by atoms with Gasteiger partial charge in [-0.1, -0.05) is 35.9 Å². The monoisotopic (exact) mass is 421 g/mol. The lowest BCUT2D eigenvalue weighted by molar-refractivity contribution is -0.132.